The van der Waals surface area contributed by atoms with Crippen LogP contribution in [0.3, 0.4) is 0 Å². The molecule has 3 rings (SSSR count). The van der Waals surface area contributed by atoms with Crippen LogP contribution in [0.5, 0.6) is 0 Å². The third-order valence-electron chi connectivity index (χ3n) is 3.40. The highest BCUT2D eigenvalue weighted by molar-refractivity contribution is 5.99. The fraction of sp³-hybridized carbons (Fsp3) is 0.312. The Morgan fingerprint density at radius 1 is 1.17 bits per heavy atom. The summed E-state index contributed by atoms with van der Waals surface area (Å²) < 4.78 is 5.83. The summed E-state index contributed by atoms with van der Waals surface area (Å²) in [7, 11) is 0. The minimum Gasteiger partial charge on any atom is -0.456 e. The smallest absolute Gasteiger partial charge is 0.156 e. The molecule has 1 aliphatic carbocycles. The van der Waals surface area contributed by atoms with E-state index >= 15 is 0 Å². The molecule has 92 valence electrons. The maximum atomic E-state index is 11.8. The highest BCUT2D eigenvalue weighted by atomic mass is 16.3. The third-order valence-corrected chi connectivity index (χ3v) is 3.40. The number of hydrogen-bond donors (Lipinski definition) is 0. The van der Waals surface area contributed by atoms with Gasteiger partial charge >= 0.3 is 0 Å². The molecule has 0 bridgehead atoms. The average Bonchev–Trinajstić information content (AvgIpc) is 2.69. The van der Waals surface area contributed by atoms with Crippen molar-refractivity contribution in [3.63, 3.8) is 0 Å². The fourth-order valence-electron chi connectivity index (χ4n) is 2.64. The van der Waals surface area contributed by atoms with Gasteiger partial charge < -0.3 is 4.42 Å². The second-order valence-electron chi connectivity index (χ2n) is 5.80. The van der Waals surface area contributed by atoms with E-state index in [0.29, 0.717) is 6.42 Å². The number of furan rings is 1. The molecule has 0 aliphatic heterocycles. The molecule has 2 nitrogen and oxygen atoms in total. The Morgan fingerprint density at radius 3 is 2.67 bits per heavy atom. The number of carbonyl (C=O) groups excluding carboxylic acids is 1. The van der Waals surface area contributed by atoms with Crippen LogP contribution < -0.4 is 0 Å². The largest absolute Gasteiger partial charge is 0.456 e. The summed E-state index contributed by atoms with van der Waals surface area (Å²) in [5.41, 5.74) is 1.93. The highest BCUT2D eigenvalue weighted by Gasteiger charge is 2.29. The van der Waals surface area contributed by atoms with Gasteiger partial charge in [0.2, 0.25) is 0 Å². The molecule has 0 saturated carbocycles. The molecule has 0 saturated heterocycles. The lowest BCUT2D eigenvalue weighted by atomic mass is 9.76. The Bertz CT molecular complexity index is 611. The molecule has 0 spiro atoms. The van der Waals surface area contributed by atoms with Crippen molar-refractivity contribution in [3.8, 4) is 0 Å². The molecule has 1 aromatic heterocycles. The molecule has 0 atom stereocenters. The van der Waals surface area contributed by atoms with E-state index in [9.17, 15) is 4.79 Å². The monoisotopic (exact) mass is 240 g/mol. The van der Waals surface area contributed by atoms with Gasteiger partial charge in [0, 0.05) is 11.8 Å². The van der Waals surface area contributed by atoms with E-state index in [2.05, 4.69) is 13.8 Å². The lowest BCUT2D eigenvalue weighted by molar-refractivity contribution is -0.116. The summed E-state index contributed by atoms with van der Waals surface area (Å²) in [5.74, 6) is 1.03. The average molecular weight is 240 g/mol. The Hall–Kier alpha value is -1.83. The van der Waals surface area contributed by atoms with Crippen molar-refractivity contribution in [2.45, 2.75) is 26.7 Å². The van der Waals surface area contributed by atoms with E-state index in [0.717, 1.165) is 28.7 Å². The Balaban J connectivity index is 2.06. The first-order valence-electron chi connectivity index (χ1n) is 6.26. The van der Waals surface area contributed by atoms with Crippen LogP contribution in [0, 0.1) is 5.41 Å². The molecule has 0 N–H and O–H groups in total. The summed E-state index contributed by atoms with van der Waals surface area (Å²) in [6.07, 6.45) is 3.25. The van der Waals surface area contributed by atoms with Crippen molar-refractivity contribution in [3.05, 3.63) is 42.2 Å². The molecule has 0 radical (unpaired) electrons. The van der Waals surface area contributed by atoms with Crippen molar-refractivity contribution >= 4 is 22.3 Å². The summed E-state index contributed by atoms with van der Waals surface area (Å²) >= 11 is 0. The Morgan fingerprint density at radius 2 is 1.94 bits per heavy atom. The van der Waals surface area contributed by atoms with Crippen LogP contribution >= 0.6 is 0 Å². The van der Waals surface area contributed by atoms with Crippen molar-refractivity contribution in [1.29, 1.82) is 0 Å². The zero-order chi connectivity index (χ0) is 12.8. The zero-order valence-electron chi connectivity index (χ0n) is 10.7. The minimum absolute atomic E-state index is 0.0279. The molecular formula is C16H16O2. The van der Waals surface area contributed by atoms with E-state index in [1.165, 1.54) is 0 Å². The van der Waals surface area contributed by atoms with Crippen molar-refractivity contribution in [2.75, 3.05) is 0 Å². The van der Waals surface area contributed by atoms with Crippen LogP contribution in [0.2, 0.25) is 0 Å². The molecule has 2 heteroatoms. The van der Waals surface area contributed by atoms with Gasteiger partial charge in [-0.2, -0.15) is 0 Å². The van der Waals surface area contributed by atoms with Gasteiger partial charge in [-0.05, 0) is 35.6 Å². The number of fused-ring (bicyclic) bond motifs is 1. The van der Waals surface area contributed by atoms with Gasteiger partial charge in [0.05, 0.1) is 0 Å². The quantitative estimate of drug-likeness (QED) is 0.747. The second kappa shape index (κ2) is 3.84. The summed E-state index contributed by atoms with van der Waals surface area (Å²) in [4.78, 5) is 11.8. The van der Waals surface area contributed by atoms with Crippen molar-refractivity contribution in [2.24, 2.45) is 5.41 Å². The van der Waals surface area contributed by atoms with Crippen LogP contribution in [-0.4, -0.2) is 5.78 Å². The van der Waals surface area contributed by atoms with E-state index < -0.39 is 0 Å². The van der Waals surface area contributed by atoms with Gasteiger partial charge in [-0.25, -0.2) is 0 Å². The van der Waals surface area contributed by atoms with E-state index in [4.69, 9.17) is 4.42 Å². The van der Waals surface area contributed by atoms with E-state index in [1.54, 1.807) is 6.08 Å². The number of rotatable bonds is 1. The second-order valence-corrected chi connectivity index (χ2v) is 5.80. The van der Waals surface area contributed by atoms with Gasteiger partial charge in [-0.3, -0.25) is 4.79 Å². The zero-order valence-corrected chi connectivity index (χ0v) is 10.7. The number of benzene rings is 1. The topological polar surface area (TPSA) is 30.2 Å². The predicted octanol–water partition coefficient (Wildman–Crippen LogP) is 4.21. The number of para-hydroxylation sites is 1. The number of carbonyl (C=O) groups is 1. The lowest BCUT2D eigenvalue weighted by Gasteiger charge is -2.27. The number of allylic oxidation sites excluding steroid dienone is 2. The fourth-order valence-corrected chi connectivity index (χ4v) is 2.64. The maximum Gasteiger partial charge on any atom is 0.156 e. The van der Waals surface area contributed by atoms with Crippen LogP contribution in [0.1, 0.15) is 32.4 Å². The predicted molar refractivity (Wildman–Crippen MR) is 72.2 cm³/mol. The van der Waals surface area contributed by atoms with Crippen LogP contribution in [-0.2, 0) is 4.79 Å². The lowest BCUT2D eigenvalue weighted by Crippen LogP contribution is -2.21. The molecule has 18 heavy (non-hydrogen) atoms. The molecular weight excluding hydrogens is 224 g/mol. The van der Waals surface area contributed by atoms with E-state index in [1.807, 2.05) is 30.3 Å². The van der Waals surface area contributed by atoms with Crippen molar-refractivity contribution < 1.29 is 9.21 Å². The summed E-state index contributed by atoms with van der Waals surface area (Å²) in [5, 5.41) is 1.09. The van der Waals surface area contributed by atoms with Gasteiger partial charge in [0.25, 0.3) is 0 Å². The summed E-state index contributed by atoms with van der Waals surface area (Å²) in [6, 6.07) is 9.95. The number of ketones is 1. The normalized spacial score (nSPS) is 19.0. The standard InChI is InChI=1S/C16H16O2/c1-16(2)9-12(7-13(17)10-16)15-8-11-5-3-4-6-14(11)18-15/h3-8H,9-10H2,1-2H3. The van der Waals surface area contributed by atoms with Gasteiger partial charge in [-0.1, -0.05) is 32.0 Å². The summed E-state index contributed by atoms with van der Waals surface area (Å²) in [6.45, 7) is 4.25. The molecule has 0 fully saturated rings. The molecule has 1 aromatic carbocycles. The van der Waals surface area contributed by atoms with Crippen LogP contribution in [0.15, 0.2) is 40.8 Å². The first-order valence-corrected chi connectivity index (χ1v) is 6.26. The first-order chi connectivity index (χ1) is 8.53. The molecule has 0 amide bonds. The minimum atomic E-state index is 0.0279. The molecule has 1 aliphatic rings. The Labute approximate surface area is 106 Å². The van der Waals surface area contributed by atoms with Gasteiger partial charge in [0.1, 0.15) is 11.3 Å². The molecule has 2 aromatic rings. The van der Waals surface area contributed by atoms with Crippen LogP contribution in [0.25, 0.3) is 16.5 Å². The SMILES string of the molecule is CC1(C)CC(=O)C=C(c2cc3ccccc3o2)C1. The maximum absolute atomic E-state index is 11.8. The number of hydrogen-bond acceptors (Lipinski definition) is 2. The Kier molecular flexibility index (Phi) is 2.40. The van der Waals surface area contributed by atoms with Gasteiger partial charge in [-0.15, -0.1) is 0 Å². The van der Waals surface area contributed by atoms with Gasteiger partial charge in [0.15, 0.2) is 5.78 Å². The first kappa shape index (κ1) is 11.3. The highest BCUT2D eigenvalue weighted by Crippen LogP contribution is 2.39. The van der Waals surface area contributed by atoms with Crippen molar-refractivity contribution in [1.82, 2.24) is 0 Å². The van der Waals surface area contributed by atoms with Crippen LogP contribution in [0.4, 0.5) is 0 Å². The molecule has 0 unspecified atom stereocenters. The third kappa shape index (κ3) is 1.99. The van der Waals surface area contributed by atoms with E-state index in [-0.39, 0.29) is 11.2 Å². The molecule has 1 heterocycles.